The zero-order valence-electron chi connectivity index (χ0n) is 9.74. The van der Waals surface area contributed by atoms with Gasteiger partial charge in [0.1, 0.15) is 0 Å². The van der Waals surface area contributed by atoms with E-state index in [0.717, 1.165) is 11.8 Å². The highest BCUT2D eigenvalue weighted by atomic mass is 79.9. The number of nitrogens with one attached hydrogen (secondary N) is 1. The van der Waals surface area contributed by atoms with Crippen molar-refractivity contribution in [2.75, 3.05) is 5.75 Å². The second-order valence-electron chi connectivity index (χ2n) is 3.62. The van der Waals surface area contributed by atoms with Gasteiger partial charge in [0, 0.05) is 22.2 Å². The fourth-order valence-electron chi connectivity index (χ4n) is 1.39. The van der Waals surface area contributed by atoms with Crippen molar-refractivity contribution < 1.29 is 14.8 Å². The SMILES string of the molecule is O=C(O)CSc1nnc(-c2cc(Br)cc([N+](=O)[O-])c2)[nH]1. The second kappa shape index (κ2) is 6.01. The van der Waals surface area contributed by atoms with Crippen molar-refractivity contribution in [2.45, 2.75) is 5.16 Å². The molecule has 0 saturated carbocycles. The number of carboxylic acids is 1. The molecule has 0 spiro atoms. The molecule has 0 saturated heterocycles. The van der Waals surface area contributed by atoms with E-state index in [1.165, 1.54) is 12.1 Å². The van der Waals surface area contributed by atoms with Crippen LogP contribution in [-0.2, 0) is 4.79 Å². The summed E-state index contributed by atoms with van der Waals surface area (Å²) in [6.07, 6.45) is 0. The molecule has 0 bridgehead atoms. The van der Waals surface area contributed by atoms with Gasteiger partial charge in [0.2, 0.25) is 0 Å². The third-order valence-electron chi connectivity index (χ3n) is 2.17. The topological polar surface area (TPSA) is 122 Å². The number of nitro groups is 1. The molecule has 0 atom stereocenters. The number of non-ortho nitro benzene ring substituents is 1. The van der Waals surface area contributed by atoms with Crippen LogP contribution in [0.4, 0.5) is 5.69 Å². The standard InChI is InChI=1S/C10H7BrN4O4S/c11-6-1-5(2-7(3-6)15(18)19)9-12-10(14-13-9)20-4-8(16)17/h1-3H,4H2,(H,16,17)(H,12,13,14). The number of aromatic nitrogens is 3. The first-order valence-electron chi connectivity index (χ1n) is 5.18. The minimum Gasteiger partial charge on any atom is -0.481 e. The van der Waals surface area contributed by atoms with Crippen LogP contribution in [0.15, 0.2) is 27.8 Å². The van der Waals surface area contributed by atoms with Crippen molar-refractivity contribution in [3.8, 4) is 11.4 Å². The Morgan fingerprint density at radius 2 is 2.20 bits per heavy atom. The van der Waals surface area contributed by atoms with Crippen molar-refractivity contribution in [3.63, 3.8) is 0 Å². The molecule has 104 valence electrons. The Balaban J connectivity index is 2.27. The number of thioether (sulfide) groups is 1. The molecule has 10 heteroatoms. The van der Waals surface area contributed by atoms with E-state index in [4.69, 9.17) is 5.11 Å². The van der Waals surface area contributed by atoms with E-state index in [-0.39, 0.29) is 11.4 Å². The molecular formula is C10H7BrN4O4S. The Bertz CT molecular complexity index is 675. The quantitative estimate of drug-likeness (QED) is 0.477. The van der Waals surface area contributed by atoms with Crippen LogP contribution in [0.3, 0.4) is 0 Å². The first-order valence-corrected chi connectivity index (χ1v) is 6.96. The summed E-state index contributed by atoms with van der Waals surface area (Å²) in [4.78, 5) is 23.5. The van der Waals surface area contributed by atoms with Crippen LogP contribution in [0.5, 0.6) is 0 Å². The maximum atomic E-state index is 10.8. The first-order chi connectivity index (χ1) is 9.45. The van der Waals surface area contributed by atoms with E-state index in [0.29, 0.717) is 21.0 Å². The molecule has 0 aliphatic carbocycles. The van der Waals surface area contributed by atoms with Gasteiger partial charge in [0.15, 0.2) is 11.0 Å². The lowest BCUT2D eigenvalue weighted by molar-refractivity contribution is -0.384. The molecule has 1 heterocycles. The molecule has 8 nitrogen and oxygen atoms in total. The van der Waals surface area contributed by atoms with Gasteiger partial charge in [0.05, 0.1) is 10.7 Å². The average Bonchev–Trinajstić information content (AvgIpc) is 2.84. The first kappa shape index (κ1) is 14.5. The van der Waals surface area contributed by atoms with Gasteiger partial charge in [-0.15, -0.1) is 10.2 Å². The number of hydrogen-bond donors (Lipinski definition) is 2. The Kier molecular flexibility index (Phi) is 4.35. The summed E-state index contributed by atoms with van der Waals surface area (Å²) in [6, 6.07) is 4.38. The van der Waals surface area contributed by atoms with E-state index in [9.17, 15) is 14.9 Å². The number of aliphatic carboxylic acids is 1. The van der Waals surface area contributed by atoms with E-state index >= 15 is 0 Å². The summed E-state index contributed by atoms with van der Waals surface area (Å²) in [5.41, 5.74) is 0.409. The second-order valence-corrected chi connectivity index (χ2v) is 5.50. The van der Waals surface area contributed by atoms with E-state index < -0.39 is 10.9 Å². The van der Waals surface area contributed by atoms with Gasteiger partial charge in [-0.3, -0.25) is 14.9 Å². The smallest absolute Gasteiger partial charge is 0.313 e. The average molecular weight is 359 g/mol. The molecule has 0 fully saturated rings. The molecule has 0 amide bonds. The minimum absolute atomic E-state index is 0.0782. The van der Waals surface area contributed by atoms with Gasteiger partial charge in [-0.05, 0) is 6.07 Å². The number of H-pyrrole nitrogens is 1. The third kappa shape index (κ3) is 3.54. The molecular weight excluding hydrogens is 352 g/mol. The monoisotopic (exact) mass is 358 g/mol. The number of aromatic amines is 1. The maximum Gasteiger partial charge on any atom is 0.313 e. The van der Waals surface area contributed by atoms with Crippen molar-refractivity contribution in [2.24, 2.45) is 0 Å². The highest BCUT2D eigenvalue weighted by Gasteiger charge is 2.13. The van der Waals surface area contributed by atoms with Crippen LogP contribution in [0.1, 0.15) is 0 Å². The molecule has 20 heavy (non-hydrogen) atoms. The zero-order chi connectivity index (χ0) is 14.7. The Labute approximate surface area is 124 Å². The Hall–Kier alpha value is -1.94. The number of carboxylic acid groups (broad SMARTS) is 1. The predicted octanol–water partition coefficient (Wildman–Crippen LogP) is 2.32. The van der Waals surface area contributed by atoms with Crippen LogP contribution in [0.2, 0.25) is 0 Å². The lowest BCUT2D eigenvalue weighted by atomic mass is 10.2. The summed E-state index contributed by atoms with van der Waals surface area (Å²) in [6.45, 7) is 0. The number of nitro benzene ring substituents is 1. The number of halogens is 1. The molecule has 0 unspecified atom stereocenters. The van der Waals surface area contributed by atoms with E-state index in [1.54, 1.807) is 6.07 Å². The van der Waals surface area contributed by atoms with Gasteiger partial charge in [-0.1, -0.05) is 27.7 Å². The van der Waals surface area contributed by atoms with Gasteiger partial charge >= 0.3 is 5.97 Å². The fourth-order valence-corrected chi connectivity index (χ4v) is 2.40. The fraction of sp³-hybridized carbons (Fsp3) is 0.100. The number of carbonyl (C=O) groups is 1. The lowest BCUT2D eigenvalue weighted by Crippen LogP contribution is -1.97. The van der Waals surface area contributed by atoms with Gasteiger partial charge < -0.3 is 10.1 Å². The predicted molar refractivity (Wildman–Crippen MR) is 74.5 cm³/mol. The third-order valence-corrected chi connectivity index (χ3v) is 3.47. The number of hydrogen-bond acceptors (Lipinski definition) is 6. The summed E-state index contributed by atoms with van der Waals surface area (Å²) < 4.78 is 0.540. The Morgan fingerprint density at radius 3 is 2.85 bits per heavy atom. The molecule has 1 aromatic heterocycles. The summed E-state index contributed by atoms with van der Waals surface area (Å²) in [7, 11) is 0. The van der Waals surface area contributed by atoms with Crippen LogP contribution >= 0.6 is 27.7 Å². The van der Waals surface area contributed by atoms with Crippen LogP contribution in [0.25, 0.3) is 11.4 Å². The number of nitrogens with zero attached hydrogens (tertiary/aromatic N) is 3. The van der Waals surface area contributed by atoms with E-state index in [1.807, 2.05) is 0 Å². The molecule has 0 aliphatic heterocycles. The lowest BCUT2D eigenvalue weighted by Gasteiger charge is -1.98. The Morgan fingerprint density at radius 1 is 1.45 bits per heavy atom. The number of benzene rings is 1. The van der Waals surface area contributed by atoms with E-state index in [2.05, 4.69) is 31.1 Å². The van der Waals surface area contributed by atoms with Crippen molar-refractivity contribution in [1.82, 2.24) is 15.2 Å². The molecule has 1 aromatic carbocycles. The largest absolute Gasteiger partial charge is 0.481 e. The minimum atomic E-state index is -0.967. The van der Waals surface area contributed by atoms with Crippen molar-refractivity contribution in [1.29, 1.82) is 0 Å². The molecule has 2 N–H and O–H groups in total. The molecule has 2 aromatic rings. The summed E-state index contributed by atoms with van der Waals surface area (Å²) in [5, 5.41) is 27.3. The van der Waals surface area contributed by atoms with Crippen LogP contribution < -0.4 is 0 Å². The normalized spacial score (nSPS) is 10.4. The molecule has 2 rings (SSSR count). The summed E-state index contributed by atoms with van der Waals surface area (Å²) in [5.74, 6) is -0.777. The maximum absolute atomic E-state index is 10.8. The number of rotatable bonds is 5. The molecule has 0 radical (unpaired) electrons. The highest BCUT2D eigenvalue weighted by molar-refractivity contribution is 9.10. The van der Waals surface area contributed by atoms with Gasteiger partial charge in [0.25, 0.3) is 5.69 Å². The summed E-state index contributed by atoms with van der Waals surface area (Å²) >= 11 is 4.17. The van der Waals surface area contributed by atoms with Gasteiger partial charge in [-0.2, -0.15) is 0 Å². The molecule has 0 aliphatic rings. The van der Waals surface area contributed by atoms with Crippen LogP contribution in [0, 0.1) is 10.1 Å². The van der Waals surface area contributed by atoms with Gasteiger partial charge in [-0.25, -0.2) is 0 Å². The van der Waals surface area contributed by atoms with Crippen molar-refractivity contribution in [3.05, 3.63) is 32.8 Å². The zero-order valence-corrected chi connectivity index (χ0v) is 12.1. The van der Waals surface area contributed by atoms with Crippen LogP contribution in [-0.4, -0.2) is 36.9 Å². The highest BCUT2D eigenvalue weighted by Crippen LogP contribution is 2.27. The van der Waals surface area contributed by atoms with Crippen molar-refractivity contribution >= 4 is 39.3 Å².